The molecule has 21 heteroatoms. The fraction of sp³-hybridized carbons (Fsp3) is 0.650. The second kappa shape index (κ2) is 22.4. The van der Waals surface area contributed by atoms with E-state index in [0.717, 1.165) is 0 Å². The molecule has 0 spiro atoms. The Hall–Kier alpha value is -5.40. The number of nitrogen functional groups attached to an aromatic ring is 1. The van der Waals surface area contributed by atoms with Crippen LogP contribution in [0.1, 0.15) is 79.3 Å². The molecule has 21 nitrogen and oxygen atoms in total. The van der Waals surface area contributed by atoms with E-state index in [0.29, 0.717) is 87.0 Å². The predicted molar refractivity (Wildman–Crippen MR) is 222 cm³/mol. The highest BCUT2D eigenvalue weighted by atomic mass is 16.6. The number of aliphatic hydroxyl groups excluding tert-OH is 1. The van der Waals surface area contributed by atoms with Crippen molar-refractivity contribution in [3.05, 3.63) is 11.9 Å². The summed E-state index contributed by atoms with van der Waals surface area (Å²) in [6, 6.07) is -1.85. The van der Waals surface area contributed by atoms with Crippen molar-refractivity contribution in [1.29, 1.82) is 0 Å². The molecule has 0 radical (unpaired) electrons. The largest absolute Gasteiger partial charge is 0.490 e. The SMILES string of the molecule is CCn1c(-c2nonc2N)nc2c(C#CC(C)(C)O)ncc(OCCCNCCCC(=O)NCCOCCOCCC(=O)N[C@H](C(=O)N3C[C@H](O)C[C@H]3C(N)=O)C(C)(C)C)c21. The van der Waals surface area contributed by atoms with Crippen LogP contribution in [0.25, 0.3) is 22.6 Å². The number of hydrogen-bond acceptors (Lipinski definition) is 16. The number of aliphatic hydroxyl groups is 2. The maximum Gasteiger partial charge on any atom is 0.246 e. The molecule has 336 valence electrons. The number of carbonyl (C=O) groups excluding carboxylic acids is 4. The van der Waals surface area contributed by atoms with E-state index in [1.807, 2.05) is 11.5 Å². The van der Waals surface area contributed by atoms with Crippen molar-refractivity contribution in [3.63, 3.8) is 0 Å². The molecule has 0 saturated carbocycles. The monoisotopic (exact) mass is 855 g/mol. The molecule has 1 aliphatic heterocycles. The van der Waals surface area contributed by atoms with E-state index in [2.05, 4.69) is 43.1 Å². The highest BCUT2D eigenvalue weighted by Crippen LogP contribution is 2.33. The number of carbonyl (C=O) groups is 4. The van der Waals surface area contributed by atoms with E-state index in [-0.39, 0.29) is 56.6 Å². The molecule has 1 aliphatic rings. The average Bonchev–Trinajstić information content (AvgIpc) is 3.91. The summed E-state index contributed by atoms with van der Waals surface area (Å²) >= 11 is 0. The third-order valence-corrected chi connectivity index (χ3v) is 9.50. The number of aryl methyl sites for hydroxylation is 1. The topological polar surface area (TPSA) is 297 Å². The maximum absolute atomic E-state index is 13.3. The summed E-state index contributed by atoms with van der Waals surface area (Å²) in [6.07, 6.45) is 2.47. The van der Waals surface area contributed by atoms with Crippen LogP contribution in [0.2, 0.25) is 0 Å². The van der Waals surface area contributed by atoms with Crippen LogP contribution < -0.4 is 32.2 Å². The molecule has 4 rings (SSSR count). The minimum absolute atomic E-state index is 0.00614. The zero-order valence-corrected chi connectivity index (χ0v) is 35.9. The number of rotatable bonds is 23. The van der Waals surface area contributed by atoms with Crippen LogP contribution >= 0.6 is 0 Å². The molecule has 3 atom stereocenters. The van der Waals surface area contributed by atoms with Gasteiger partial charge in [-0.3, -0.25) is 19.2 Å². The second-order valence-corrected chi connectivity index (χ2v) is 16.2. The van der Waals surface area contributed by atoms with Gasteiger partial charge >= 0.3 is 0 Å². The van der Waals surface area contributed by atoms with Crippen LogP contribution in [0, 0.1) is 17.3 Å². The number of nitrogens with two attached hydrogens (primary N) is 2. The van der Waals surface area contributed by atoms with Gasteiger partial charge in [-0.1, -0.05) is 26.7 Å². The van der Waals surface area contributed by atoms with Crippen molar-refractivity contribution >= 4 is 40.5 Å². The molecule has 0 bridgehead atoms. The maximum atomic E-state index is 13.3. The highest BCUT2D eigenvalue weighted by Gasteiger charge is 2.43. The Kier molecular flexibility index (Phi) is 17.8. The molecule has 0 unspecified atom stereocenters. The third kappa shape index (κ3) is 14.4. The van der Waals surface area contributed by atoms with Crippen molar-refractivity contribution in [2.24, 2.45) is 11.1 Å². The number of β-amino-alcohol motifs (C(OH)–C–C–N with tert-alkyl or cyclic N) is 1. The molecule has 4 amide bonds. The lowest BCUT2D eigenvalue weighted by atomic mass is 9.85. The van der Waals surface area contributed by atoms with Gasteiger partial charge in [0.05, 0.1) is 45.3 Å². The summed E-state index contributed by atoms with van der Waals surface area (Å²) in [6.45, 7) is 13.9. The lowest BCUT2D eigenvalue weighted by molar-refractivity contribution is -0.143. The number of primary amides is 1. The van der Waals surface area contributed by atoms with Crippen LogP contribution in [0.4, 0.5) is 5.82 Å². The quantitative estimate of drug-likeness (QED) is 0.0483. The smallest absolute Gasteiger partial charge is 0.246 e. The predicted octanol–water partition coefficient (Wildman–Crippen LogP) is -0.138. The fourth-order valence-corrected chi connectivity index (χ4v) is 6.45. The van der Waals surface area contributed by atoms with E-state index >= 15 is 0 Å². The van der Waals surface area contributed by atoms with Gasteiger partial charge in [0.15, 0.2) is 23.1 Å². The second-order valence-electron chi connectivity index (χ2n) is 16.2. The number of ether oxygens (including phenoxy) is 3. The molecule has 4 heterocycles. The van der Waals surface area contributed by atoms with Crippen molar-refractivity contribution in [1.82, 2.24) is 45.7 Å². The molecule has 9 N–H and O–H groups in total. The number of likely N-dealkylation sites (tertiary alicyclic amines) is 1. The molecule has 1 fully saturated rings. The number of imidazole rings is 1. The van der Waals surface area contributed by atoms with E-state index in [1.54, 1.807) is 40.8 Å². The molecule has 0 aromatic carbocycles. The first-order chi connectivity index (χ1) is 28.9. The molecular weight excluding hydrogens is 795 g/mol. The van der Waals surface area contributed by atoms with Gasteiger partial charge in [-0.25, -0.2) is 14.6 Å². The first-order valence-corrected chi connectivity index (χ1v) is 20.5. The van der Waals surface area contributed by atoms with Crippen LogP contribution in [0.5, 0.6) is 5.75 Å². The van der Waals surface area contributed by atoms with Gasteiger partial charge in [0.25, 0.3) is 0 Å². The van der Waals surface area contributed by atoms with Crippen molar-refractivity contribution in [2.45, 2.75) is 104 Å². The first kappa shape index (κ1) is 48.3. The van der Waals surface area contributed by atoms with Gasteiger partial charge in [0.2, 0.25) is 23.6 Å². The summed E-state index contributed by atoms with van der Waals surface area (Å²) < 4.78 is 23.8. The van der Waals surface area contributed by atoms with Crippen LogP contribution in [-0.2, 0) is 35.2 Å². The zero-order valence-electron chi connectivity index (χ0n) is 35.9. The summed E-state index contributed by atoms with van der Waals surface area (Å²) in [5, 5.41) is 36.6. The van der Waals surface area contributed by atoms with Crippen LogP contribution in [0.15, 0.2) is 10.8 Å². The highest BCUT2D eigenvalue weighted by molar-refractivity contribution is 5.93. The third-order valence-electron chi connectivity index (χ3n) is 9.50. The van der Waals surface area contributed by atoms with Crippen molar-refractivity contribution in [2.75, 3.05) is 64.9 Å². The molecule has 0 aliphatic carbocycles. The Bertz CT molecular complexity index is 2010. The summed E-state index contributed by atoms with van der Waals surface area (Å²) in [5.41, 5.74) is 11.3. The number of pyridine rings is 1. The molecule has 61 heavy (non-hydrogen) atoms. The van der Waals surface area contributed by atoms with Gasteiger partial charge in [-0.15, -0.1) is 0 Å². The lowest BCUT2D eigenvalue weighted by Gasteiger charge is -2.35. The molecule has 3 aromatic rings. The number of anilines is 1. The van der Waals surface area contributed by atoms with E-state index in [4.69, 9.17) is 35.3 Å². The normalized spacial score (nSPS) is 16.0. The Morgan fingerprint density at radius 1 is 1.00 bits per heavy atom. The van der Waals surface area contributed by atoms with Gasteiger partial charge in [0.1, 0.15) is 34.4 Å². The zero-order chi connectivity index (χ0) is 44.7. The average molecular weight is 856 g/mol. The number of aromatic nitrogens is 5. The minimum Gasteiger partial charge on any atom is -0.490 e. The molecular formula is C40H61N11O10. The first-order valence-electron chi connectivity index (χ1n) is 20.5. The van der Waals surface area contributed by atoms with E-state index in [9.17, 15) is 29.4 Å². The molecule has 1 saturated heterocycles. The summed E-state index contributed by atoms with van der Waals surface area (Å²) in [7, 11) is 0. The van der Waals surface area contributed by atoms with E-state index < -0.39 is 46.9 Å². The van der Waals surface area contributed by atoms with E-state index in [1.165, 1.54) is 4.90 Å². The number of nitrogens with zero attached hydrogens (tertiary/aromatic N) is 6. The summed E-state index contributed by atoms with van der Waals surface area (Å²) in [4.78, 5) is 60.5. The summed E-state index contributed by atoms with van der Waals surface area (Å²) in [5.74, 6) is 5.05. The Morgan fingerprint density at radius 3 is 2.38 bits per heavy atom. The van der Waals surface area contributed by atoms with Crippen molar-refractivity contribution < 1.29 is 48.2 Å². The number of fused-ring (bicyclic) bond motifs is 1. The molecule has 3 aromatic heterocycles. The van der Waals surface area contributed by atoms with Crippen LogP contribution in [-0.4, -0.2) is 147 Å². The van der Waals surface area contributed by atoms with Crippen LogP contribution in [0.3, 0.4) is 0 Å². The number of nitrogens with one attached hydrogen (secondary N) is 3. The number of hydrogen-bond donors (Lipinski definition) is 7. The van der Waals surface area contributed by atoms with Gasteiger partial charge in [0, 0.05) is 38.9 Å². The van der Waals surface area contributed by atoms with Gasteiger partial charge < -0.3 is 61.3 Å². The Balaban J connectivity index is 1.06. The fourth-order valence-electron chi connectivity index (χ4n) is 6.45. The standard InChI is InChI=1S/C40H61N11O10/c1-7-50-33-28(23-45-26(11-13-40(5,6)57)31(33)47-37(50)32-35(41)49-61-48-32)60-17-9-15-43-14-8-10-29(53)44-16-19-59-21-20-58-18-12-30(54)46-34(39(2,3)4)38(56)51-24-25(52)22-27(51)36(42)55/h23,25,27,34,43,52,57H,7-10,12,14-22,24H2,1-6H3,(H2,41,49)(H2,42,55)(H,44,53)(H,46,54)/t25-,27+,34-/m1/s1. The van der Waals surface area contributed by atoms with Gasteiger partial charge in [-0.2, -0.15) is 0 Å². The number of amides is 4. The minimum atomic E-state index is -1.23. The Labute approximate surface area is 355 Å². The Morgan fingerprint density at radius 2 is 1.72 bits per heavy atom. The lowest BCUT2D eigenvalue weighted by Crippen LogP contribution is -2.57. The van der Waals surface area contributed by atoms with Crippen molar-refractivity contribution in [3.8, 4) is 29.1 Å². The van der Waals surface area contributed by atoms with Gasteiger partial charge in [-0.05, 0) is 68.4 Å².